The smallest absolute Gasteiger partial charge is 0.0542 e. The molecule has 2 nitrogen and oxygen atoms in total. The molecule has 1 aliphatic carbocycles. The van der Waals surface area contributed by atoms with Crippen molar-refractivity contribution in [1.29, 1.82) is 0 Å². The van der Waals surface area contributed by atoms with Crippen molar-refractivity contribution >= 4 is 21.6 Å². The van der Waals surface area contributed by atoms with Crippen molar-refractivity contribution in [3.63, 3.8) is 0 Å². The van der Waals surface area contributed by atoms with E-state index in [1.54, 1.807) is 0 Å². The SMILES string of the molecule is O=S(CCNC1CC1)c1ccc2ccccc2c1. The Balaban J connectivity index is 1.69. The topological polar surface area (TPSA) is 29.1 Å². The molecule has 0 aromatic heterocycles. The van der Waals surface area contributed by atoms with Crippen molar-refractivity contribution < 1.29 is 4.21 Å². The van der Waals surface area contributed by atoms with Gasteiger partial charge in [-0.3, -0.25) is 4.21 Å². The molecule has 1 aliphatic rings. The molecular weight excluding hydrogens is 242 g/mol. The monoisotopic (exact) mass is 259 g/mol. The zero-order valence-corrected chi connectivity index (χ0v) is 11.1. The van der Waals surface area contributed by atoms with E-state index >= 15 is 0 Å². The number of hydrogen-bond donors (Lipinski definition) is 1. The van der Waals surface area contributed by atoms with Crippen LogP contribution in [-0.4, -0.2) is 22.5 Å². The normalized spacial score (nSPS) is 16.9. The molecular formula is C15H17NOS. The number of rotatable bonds is 5. The predicted molar refractivity (Wildman–Crippen MR) is 76.2 cm³/mol. The molecule has 0 amide bonds. The van der Waals surface area contributed by atoms with Gasteiger partial charge in [-0.25, -0.2) is 0 Å². The number of benzene rings is 2. The Kier molecular flexibility index (Phi) is 3.43. The Morgan fingerprint density at radius 3 is 2.67 bits per heavy atom. The molecule has 0 radical (unpaired) electrons. The Bertz CT molecular complexity index is 577. The largest absolute Gasteiger partial charge is 0.313 e. The zero-order chi connectivity index (χ0) is 12.4. The molecule has 0 saturated heterocycles. The molecule has 1 saturated carbocycles. The van der Waals surface area contributed by atoms with Crippen LogP contribution >= 0.6 is 0 Å². The highest BCUT2D eigenvalue weighted by Gasteiger charge is 2.20. The molecule has 1 N–H and O–H groups in total. The van der Waals surface area contributed by atoms with Crippen molar-refractivity contribution in [3.05, 3.63) is 42.5 Å². The highest BCUT2D eigenvalue weighted by Crippen LogP contribution is 2.19. The summed E-state index contributed by atoms with van der Waals surface area (Å²) in [6.07, 6.45) is 2.56. The lowest BCUT2D eigenvalue weighted by molar-refractivity contribution is 0.672. The van der Waals surface area contributed by atoms with Crippen LogP contribution in [0.15, 0.2) is 47.4 Å². The summed E-state index contributed by atoms with van der Waals surface area (Å²) in [6.45, 7) is 0.851. The number of nitrogens with one attached hydrogen (secondary N) is 1. The van der Waals surface area contributed by atoms with E-state index in [1.165, 1.54) is 23.6 Å². The first-order valence-corrected chi connectivity index (χ1v) is 7.75. The highest BCUT2D eigenvalue weighted by molar-refractivity contribution is 7.85. The van der Waals surface area contributed by atoms with Gasteiger partial charge in [0.25, 0.3) is 0 Å². The van der Waals surface area contributed by atoms with Crippen molar-refractivity contribution in [2.45, 2.75) is 23.8 Å². The predicted octanol–water partition coefficient (Wildman–Crippen LogP) is 2.70. The van der Waals surface area contributed by atoms with Crippen LogP contribution in [0.3, 0.4) is 0 Å². The second-order valence-electron chi connectivity index (χ2n) is 4.79. The van der Waals surface area contributed by atoms with E-state index < -0.39 is 10.8 Å². The average molecular weight is 259 g/mol. The van der Waals surface area contributed by atoms with Crippen molar-refractivity contribution in [2.24, 2.45) is 0 Å². The molecule has 0 spiro atoms. The van der Waals surface area contributed by atoms with Gasteiger partial charge in [-0.15, -0.1) is 0 Å². The summed E-state index contributed by atoms with van der Waals surface area (Å²) >= 11 is 0. The second kappa shape index (κ2) is 5.21. The van der Waals surface area contributed by atoms with Crippen LogP contribution in [-0.2, 0) is 10.8 Å². The van der Waals surface area contributed by atoms with E-state index in [-0.39, 0.29) is 0 Å². The summed E-state index contributed by atoms with van der Waals surface area (Å²) in [5.41, 5.74) is 0. The van der Waals surface area contributed by atoms with Gasteiger partial charge in [0, 0.05) is 23.2 Å². The number of hydrogen-bond acceptors (Lipinski definition) is 2. The quantitative estimate of drug-likeness (QED) is 0.894. The van der Waals surface area contributed by atoms with Gasteiger partial charge in [-0.1, -0.05) is 30.3 Å². The van der Waals surface area contributed by atoms with E-state index in [2.05, 4.69) is 23.5 Å². The third kappa shape index (κ3) is 2.79. The van der Waals surface area contributed by atoms with Crippen LogP contribution in [0.4, 0.5) is 0 Å². The van der Waals surface area contributed by atoms with Crippen molar-refractivity contribution in [2.75, 3.05) is 12.3 Å². The van der Waals surface area contributed by atoms with E-state index in [4.69, 9.17) is 0 Å². The molecule has 2 aromatic carbocycles. The van der Waals surface area contributed by atoms with Crippen molar-refractivity contribution in [3.8, 4) is 0 Å². The fourth-order valence-electron chi connectivity index (χ4n) is 2.07. The summed E-state index contributed by atoms with van der Waals surface area (Å²) in [5, 5.41) is 5.77. The van der Waals surface area contributed by atoms with Crippen molar-refractivity contribution in [1.82, 2.24) is 5.32 Å². The minimum absolute atomic E-state index is 0.693. The highest BCUT2D eigenvalue weighted by atomic mass is 32.2. The van der Waals surface area contributed by atoms with Gasteiger partial charge in [-0.2, -0.15) is 0 Å². The third-order valence-electron chi connectivity index (χ3n) is 3.28. The van der Waals surface area contributed by atoms with Gasteiger partial charge in [0.1, 0.15) is 0 Å². The van der Waals surface area contributed by atoms with Gasteiger partial charge in [0.15, 0.2) is 0 Å². The van der Waals surface area contributed by atoms with Crippen LogP contribution in [0, 0.1) is 0 Å². The molecule has 1 fully saturated rings. The zero-order valence-electron chi connectivity index (χ0n) is 10.3. The average Bonchev–Trinajstić information content (AvgIpc) is 3.22. The first-order valence-electron chi connectivity index (χ1n) is 6.43. The second-order valence-corrected chi connectivity index (χ2v) is 6.36. The van der Waals surface area contributed by atoms with Crippen LogP contribution in [0.1, 0.15) is 12.8 Å². The molecule has 0 heterocycles. The Hall–Kier alpha value is -1.19. The fraction of sp³-hybridized carbons (Fsp3) is 0.333. The summed E-state index contributed by atoms with van der Waals surface area (Å²) < 4.78 is 12.2. The first kappa shape index (κ1) is 11.9. The lowest BCUT2D eigenvalue weighted by Gasteiger charge is -2.05. The standard InChI is InChI=1S/C15H17NOS/c17-18(10-9-16-14-6-7-14)15-8-5-12-3-1-2-4-13(12)11-15/h1-5,8,11,14,16H,6-7,9-10H2. The van der Waals surface area contributed by atoms with Gasteiger partial charge in [0.2, 0.25) is 0 Å². The summed E-state index contributed by atoms with van der Waals surface area (Å²) in [4.78, 5) is 0.936. The van der Waals surface area contributed by atoms with Gasteiger partial charge in [-0.05, 0) is 35.7 Å². The lowest BCUT2D eigenvalue weighted by atomic mass is 10.1. The van der Waals surface area contributed by atoms with E-state index in [0.29, 0.717) is 11.8 Å². The summed E-state index contributed by atoms with van der Waals surface area (Å²) in [7, 11) is -0.891. The molecule has 3 heteroatoms. The van der Waals surface area contributed by atoms with E-state index in [0.717, 1.165) is 11.4 Å². The summed E-state index contributed by atoms with van der Waals surface area (Å²) in [6, 6.07) is 15.0. The van der Waals surface area contributed by atoms with Crippen LogP contribution in [0.2, 0.25) is 0 Å². The number of fused-ring (bicyclic) bond motifs is 1. The maximum absolute atomic E-state index is 12.2. The van der Waals surface area contributed by atoms with Gasteiger partial charge in [0.05, 0.1) is 10.8 Å². The van der Waals surface area contributed by atoms with E-state index in [1.807, 2.05) is 24.3 Å². The molecule has 3 rings (SSSR count). The maximum atomic E-state index is 12.2. The Labute approximate surface area is 110 Å². The minimum atomic E-state index is -0.891. The lowest BCUT2D eigenvalue weighted by Crippen LogP contribution is -2.22. The Morgan fingerprint density at radius 2 is 1.89 bits per heavy atom. The molecule has 2 aromatic rings. The minimum Gasteiger partial charge on any atom is -0.313 e. The first-order chi connectivity index (χ1) is 8.83. The fourth-order valence-corrected chi connectivity index (χ4v) is 3.09. The molecule has 94 valence electrons. The van der Waals surface area contributed by atoms with E-state index in [9.17, 15) is 4.21 Å². The van der Waals surface area contributed by atoms with Gasteiger partial charge < -0.3 is 5.32 Å². The van der Waals surface area contributed by atoms with Crippen LogP contribution < -0.4 is 5.32 Å². The summed E-state index contributed by atoms with van der Waals surface area (Å²) in [5.74, 6) is 0.703. The van der Waals surface area contributed by atoms with Gasteiger partial charge >= 0.3 is 0 Å². The third-order valence-corrected chi connectivity index (χ3v) is 4.64. The van der Waals surface area contributed by atoms with Crippen LogP contribution in [0.25, 0.3) is 10.8 Å². The van der Waals surface area contributed by atoms with Crippen LogP contribution in [0.5, 0.6) is 0 Å². The molecule has 0 bridgehead atoms. The molecule has 1 unspecified atom stereocenters. The maximum Gasteiger partial charge on any atom is 0.0542 e. The molecule has 1 atom stereocenters. The molecule has 0 aliphatic heterocycles. The Morgan fingerprint density at radius 1 is 1.11 bits per heavy atom. The molecule has 18 heavy (non-hydrogen) atoms.